The third-order valence-electron chi connectivity index (χ3n) is 3.81. The number of benzene rings is 1. The third-order valence-corrected chi connectivity index (χ3v) is 3.81. The van der Waals surface area contributed by atoms with Crippen molar-refractivity contribution >= 4 is 23.0 Å². The van der Waals surface area contributed by atoms with Crippen molar-refractivity contribution in [3.63, 3.8) is 0 Å². The van der Waals surface area contributed by atoms with Gasteiger partial charge in [-0.2, -0.15) is 4.98 Å². The molecule has 3 rings (SSSR count). The van der Waals surface area contributed by atoms with Gasteiger partial charge in [0.2, 0.25) is 5.91 Å². The van der Waals surface area contributed by atoms with Crippen LogP contribution >= 0.6 is 0 Å². The lowest BCUT2D eigenvalue weighted by Gasteiger charge is -2.30. The van der Waals surface area contributed by atoms with E-state index in [0.29, 0.717) is 11.9 Å². The van der Waals surface area contributed by atoms with Crippen LogP contribution in [-0.2, 0) is 4.79 Å². The first-order chi connectivity index (χ1) is 9.72. The number of aromatic nitrogens is 1. The highest BCUT2D eigenvalue weighted by Crippen LogP contribution is 2.25. The highest BCUT2D eigenvalue weighted by Gasteiger charge is 2.22. The second-order valence-electron chi connectivity index (χ2n) is 5.33. The van der Waals surface area contributed by atoms with E-state index in [1.54, 1.807) is 6.92 Å². The fourth-order valence-corrected chi connectivity index (χ4v) is 2.61. The van der Waals surface area contributed by atoms with Crippen LogP contribution in [0, 0.1) is 5.92 Å². The molecule has 1 saturated heterocycles. The Kier molecular flexibility index (Phi) is 3.58. The number of amides is 1. The van der Waals surface area contributed by atoms with Crippen LogP contribution in [0.5, 0.6) is 0 Å². The van der Waals surface area contributed by atoms with E-state index in [1.165, 1.54) is 0 Å². The first kappa shape index (κ1) is 13.0. The number of nitrogens with one attached hydrogen (secondary N) is 1. The van der Waals surface area contributed by atoms with Crippen LogP contribution in [-0.4, -0.2) is 30.5 Å². The summed E-state index contributed by atoms with van der Waals surface area (Å²) in [6.45, 7) is 4.19. The second-order valence-corrected chi connectivity index (χ2v) is 5.33. The fourth-order valence-electron chi connectivity index (χ4n) is 2.61. The Morgan fingerprint density at radius 3 is 2.85 bits per heavy atom. The maximum absolute atomic E-state index is 10.9. The zero-order chi connectivity index (χ0) is 13.9. The van der Waals surface area contributed by atoms with Crippen molar-refractivity contribution in [3.05, 3.63) is 24.3 Å². The summed E-state index contributed by atoms with van der Waals surface area (Å²) in [6, 6.07) is 8.54. The molecule has 1 aromatic carbocycles. The highest BCUT2D eigenvalue weighted by molar-refractivity contribution is 5.74. The minimum absolute atomic E-state index is 0.0476. The van der Waals surface area contributed by atoms with Crippen LogP contribution in [0.2, 0.25) is 0 Å². The number of oxazole rings is 1. The molecule has 1 amide bonds. The third kappa shape index (κ3) is 2.76. The van der Waals surface area contributed by atoms with Gasteiger partial charge in [0.25, 0.3) is 6.01 Å². The van der Waals surface area contributed by atoms with E-state index in [2.05, 4.69) is 15.2 Å². The minimum Gasteiger partial charge on any atom is -0.423 e. The molecule has 0 radical (unpaired) electrons. The average molecular weight is 273 g/mol. The molecule has 0 atom stereocenters. The lowest BCUT2D eigenvalue weighted by atomic mass is 9.97. The summed E-state index contributed by atoms with van der Waals surface area (Å²) in [7, 11) is 0. The normalized spacial score (nSPS) is 16.6. The Labute approximate surface area is 118 Å². The molecule has 5 heteroatoms. The SMILES string of the molecule is CC(=O)NCC1CCN(c2nc3ccccc3o2)CC1. The van der Waals surface area contributed by atoms with Gasteiger partial charge >= 0.3 is 0 Å². The van der Waals surface area contributed by atoms with Gasteiger partial charge in [-0.1, -0.05) is 12.1 Å². The number of hydrogen-bond donors (Lipinski definition) is 1. The molecule has 1 N–H and O–H groups in total. The number of para-hydroxylation sites is 2. The fraction of sp³-hybridized carbons (Fsp3) is 0.467. The summed E-state index contributed by atoms with van der Waals surface area (Å²) in [5, 5.41) is 2.89. The van der Waals surface area contributed by atoms with Gasteiger partial charge in [0.1, 0.15) is 5.52 Å². The number of carbonyl (C=O) groups excluding carboxylic acids is 1. The second kappa shape index (κ2) is 5.53. The number of nitrogens with zero attached hydrogens (tertiary/aromatic N) is 2. The van der Waals surface area contributed by atoms with Gasteiger partial charge in [0, 0.05) is 26.6 Å². The molecule has 20 heavy (non-hydrogen) atoms. The first-order valence-corrected chi connectivity index (χ1v) is 7.07. The van der Waals surface area contributed by atoms with E-state index in [1.807, 2.05) is 24.3 Å². The van der Waals surface area contributed by atoms with Gasteiger partial charge < -0.3 is 14.6 Å². The van der Waals surface area contributed by atoms with Gasteiger partial charge in [0.15, 0.2) is 5.58 Å². The smallest absolute Gasteiger partial charge is 0.298 e. The molecule has 1 aromatic heterocycles. The molecular weight excluding hydrogens is 254 g/mol. The predicted octanol–water partition coefficient (Wildman–Crippen LogP) is 2.18. The quantitative estimate of drug-likeness (QED) is 0.931. The minimum atomic E-state index is 0.0476. The zero-order valence-electron chi connectivity index (χ0n) is 11.6. The van der Waals surface area contributed by atoms with E-state index in [-0.39, 0.29) is 5.91 Å². The maximum Gasteiger partial charge on any atom is 0.298 e. The molecule has 0 spiro atoms. The molecule has 2 aromatic rings. The molecule has 1 aliphatic rings. The van der Waals surface area contributed by atoms with E-state index in [0.717, 1.165) is 43.6 Å². The van der Waals surface area contributed by atoms with Crippen molar-refractivity contribution in [1.29, 1.82) is 0 Å². The Morgan fingerprint density at radius 1 is 1.40 bits per heavy atom. The number of fused-ring (bicyclic) bond motifs is 1. The molecule has 106 valence electrons. The lowest BCUT2D eigenvalue weighted by Crippen LogP contribution is -2.38. The summed E-state index contributed by atoms with van der Waals surface area (Å²) in [6.07, 6.45) is 2.11. The van der Waals surface area contributed by atoms with Gasteiger partial charge in [-0.3, -0.25) is 4.79 Å². The van der Waals surface area contributed by atoms with Crippen molar-refractivity contribution in [2.75, 3.05) is 24.5 Å². The van der Waals surface area contributed by atoms with Crippen LogP contribution in [0.4, 0.5) is 6.01 Å². The van der Waals surface area contributed by atoms with Gasteiger partial charge in [-0.25, -0.2) is 0 Å². The molecule has 0 aliphatic carbocycles. The van der Waals surface area contributed by atoms with Gasteiger partial charge in [-0.15, -0.1) is 0 Å². The summed E-state index contributed by atoms with van der Waals surface area (Å²) in [5.74, 6) is 0.603. The zero-order valence-corrected chi connectivity index (χ0v) is 11.6. The maximum atomic E-state index is 10.9. The van der Waals surface area contributed by atoms with Crippen molar-refractivity contribution in [2.24, 2.45) is 5.92 Å². The average Bonchev–Trinajstić information content (AvgIpc) is 2.89. The Hall–Kier alpha value is -2.04. The van der Waals surface area contributed by atoms with E-state index >= 15 is 0 Å². The Balaban J connectivity index is 1.61. The molecule has 0 saturated carbocycles. The van der Waals surface area contributed by atoms with E-state index < -0.39 is 0 Å². The summed E-state index contributed by atoms with van der Waals surface area (Å²) in [5.41, 5.74) is 1.74. The topological polar surface area (TPSA) is 58.4 Å². The van der Waals surface area contributed by atoms with Crippen molar-refractivity contribution in [2.45, 2.75) is 19.8 Å². The Bertz CT molecular complexity index is 567. The molecule has 1 fully saturated rings. The highest BCUT2D eigenvalue weighted by atomic mass is 16.4. The molecular formula is C15H19N3O2. The van der Waals surface area contributed by atoms with E-state index in [9.17, 15) is 4.79 Å². The van der Waals surface area contributed by atoms with Crippen molar-refractivity contribution in [1.82, 2.24) is 10.3 Å². The molecule has 1 aliphatic heterocycles. The van der Waals surface area contributed by atoms with E-state index in [4.69, 9.17) is 4.42 Å². The number of anilines is 1. The number of piperidine rings is 1. The molecule has 0 unspecified atom stereocenters. The number of carbonyl (C=O) groups is 1. The standard InChI is InChI=1S/C15H19N3O2/c1-11(19)16-10-12-6-8-18(9-7-12)15-17-13-4-2-3-5-14(13)20-15/h2-5,12H,6-10H2,1H3,(H,16,19). The van der Waals surface area contributed by atoms with Gasteiger partial charge in [0.05, 0.1) is 0 Å². The lowest BCUT2D eigenvalue weighted by molar-refractivity contribution is -0.119. The molecule has 2 heterocycles. The number of rotatable bonds is 3. The number of hydrogen-bond acceptors (Lipinski definition) is 4. The van der Waals surface area contributed by atoms with Crippen LogP contribution in [0.25, 0.3) is 11.1 Å². The first-order valence-electron chi connectivity index (χ1n) is 7.07. The van der Waals surface area contributed by atoms with Crippen molar-refractivity contribution in [3.8, 4) is 0 Å². The summed E-state index contributed by atoms with van der Waals surface area (Å²) < 4.78 is 5.79. The summed E-state index contributed by atoms with van der Waals surface area (Å²) in [4.78, 5) is 17.6. The van der Waals surface area contributed by atoms with Crippen molar-refractivity contribution < 1.29 is 9.21 Å². The molecule has 5 nitrogen and oxygen atoms in total. The van der Waals surface area contributed by atoms with Gasteiger partial charge in [-0.05, 0) is 30.9 Å². The van der Waals surface area contributed by atoms with Crippen LogP contribution in [0.3, 0.4) is 0 Å². The predicted molar refractivity (Wildman–Crippen MR) is 77.6 cm³/mol. The molecule has 0 bridgehead atoms. The van der Waals surface area contributed by atoms with Crippen LogP contribution in [0.1, 0.15) is 19.8 Å². The largest absolute Gasteiger partial charge is 0.423 e. The van der Waals surface area contributed by atoms with Crippen LogP contribution in [0.15, 0.2) is 28.7 Å². The summed E-state index contributed by atoms with van der Waals surface area (Å²) >= 11 is 0. The van der Waals surface area contributed by atoms with Crippen LogP contribution < -0.4 is 10.2 Å². The Morgan fingerprint density at radius 2 is 2.15 bits per heavy atom. The monoisotopic (exact) mass is 273 g/mol.